The second-order valence-electron chi connectivity index (χ2n) is 3.38. The summed E-state index contributed by atoms with van der Waals surface area (Å²) in [6.07, 6.45) is 4.38. The predicted octanol–water partition coefficient (Wildman–Crippen LogP) is 2.79. The SMILES string of the molecule is NCCc1c(Cl)cccc1-n1cc(Br)cn1. The van der Waals surface area contributed by atoms with Crippen LogP contribution in [0.1, 0.15) is 5.56 Å². The van der Waals surface area contributed by atoms with Gasteiger partial charge >= 0.3 is 0 Å². The van der Waals surface area contributed by atoms with Gasteiger partial charge < -0.3 is 5.73 Å². The molecule has 0 aliphatic heterocycles. The highest BCUT2D eigenvalue weighted by Crippen LogP contribution is 2.24. The number of hydrogen-bond donors (Lipinski definition) is 1. The molecule has 0 bridgehead atoms. The molecule has 0 radical (unpaired) electrons. The Kier molecular flexibility index (Phi) is 3.63. The van der Waals surface area contributed by atoms with Gasteiger partial charge in [0, 0.05) is 11.2 Å². The van der Waals surface area contributed by atoms with Crippen LogP contribution < -0.4 is 5.73 Å². The maximum Gasteiger partial charge on any atom is 0.0693 e. The zero-order valence-corrected chi connectivity index (χ0v) is 10.9. The first kappa shape index (κ1) is 11.6. The van der Waals surface area contributed by atoms with Gasteiger partial charge in [-0.2, -0.15) is 5.10 Å². The fraction of sp³-hybridized carbons (Fsp3) is 0.182. The van der Waals surface area contributed by atoms with Crippen LogP contribution in [0.3, 0.4) is 0 Å². The van der Waals surface area contributed by atoms with Crippen LogP contribution in [-0.4, -0.2) is 16.3 Å². The molecule has 0 aliphatic carbocycles. The molecular weight excluding hydrogens is 289 g/mol. The monoisotopic (exact) mass is 299 g/mol. The van der Waals surface area contributed by atoms with E-state index in [9.17, 15) is 0 Å². The van der Waals surface area contributed by atoms with Gasteiger partial charge in [0.15, 0.2) is 0 Å². The minimum Gasteiger partial charge on any atom is -0.330 e. The Bertz CT molecular complexity index is 496. The molecule has 0 saturated heterocycles. The van der Waals surface area contributed by atoms with Crippen molar-refractivity contribution < 1.29 is 0 Å². The van der Waals surface area contributed by atoms with E-state index in [-0.39, 0.29) is 0 Å². The largest absolute Gasteiger partial charge is 0.330 e. The average Bonchev–Trinajstić information content (AvgIpc) is 2.68. The maximum atomic E-state index is 6.16. The molecule has 0 aliphatic rings. The molecule has 0 saturated carbocycles. The number of rotatable bonds is 3. The van der Waals surface area contributed by atoms with Crippen molar-refractivity contribution in [1.29, 1.82) is 0 Å². The molecule has 5 heteroatoms. The van der Waals surface area contributed by atoms with Gasteiger partial charge in [0.2, 0.25) is 0 Å². The van der Waals surface area contributed by atoms with Crippen molar-refractivity contribution in [2.24, 2.45) is 5.73 Å². The summed E-state index contributed by atoms with van der Waals surface area (Å²) >= 11 is 9.53. The molecule has 16 heavy (non-hydrogen) atoms. The van der Waals surface area contributed by atoms with Crippen molar-refractivity contribution in [2.45, 2.75) is 6.42 Å². The van der Waals surface area contributed by atoms with Crippen LogP contribution in [-0.2, 0) is 6.42 Å². The topological polar surface area (TPSA) is 43.8 Å². The van der Waals surface area contributed by atoms with Gasteiger partial charge in [0.05, 0.1) is 16.4 Å². The molecule has 1 aromatic carbocycles. The number of hydrogen-bond acceptors (Lipinski definition) is 2. The Morgan fingerprint density at radius 2 is 2.25 bits per heavy atom. The van der Waals surface area contributed by atoms with E-state index in [2.05, 4.69) is 21.0 Å². The Labute approximate surface area is 107 Å². The smallest absolute Gasteiger partial charge is 0.0693 e. The lowest BCUT2D eigenvalue weighted by Gasteiger charge is -2.10. The summed E-state index contributed by atoms with van der Waals surface area (Å²) in [4.78, 5) is 0. The summed E-state index contributed by atoms with van der Waals surface area (Å²) in [5, 5.41) is 4.97. The van der Waals surface area contributed by atoms with Gasteiger partial charge in [-0.05, 0) is 46.6 Å². The fourth-order valence-corrected chi connectivity index (χ4v) is 2.14. The van der Waals surface area contributed by atoms with Gasteiger partial charge in [0.25, 0.3) is 0 Å². The summed E-state index contributed by atoms with van der Waals surface area (Å²) in [6, 6.07) is 5.76. The van der Waals surface area contributed by atoms with Gasteiger partial charge in [0.1, 0.15) is 0 Å². The Morgan fingerprint density at radius 1 is 1.44 bits per heavy atom. The van der Waals surface area contributed by atoms with Gasteiger partial charge in [-0.1, -0.05) is 17.7 Å². The zero-order valence-electron chi connectivity index (χ0n) is 8.53. The quantitative estimate of drug-likeness (QED) is 0.947. The zero-order chi connectivity index (χ0) is 11.5. The number of nitrogens with two attached hydrogens (primary N) is 1. The van der Waals surface area contributed by atoms with Crippen LogP contribution in [0.15, 0.2) is 35.1 Å². The second-order valence-corrected chi connectivity index (χ2v) is 4.70. The van der Waals surface area contributed by atoms with E-state index in [0.717, 1.165) is 27.2 Å². The van der Waals surface area contributed by atoms with Crippen LogP contribution in [0.25, 0.3) is 5.69 Å². The normalized spacial score (nSPS) is 10.7. The van der Waals surface area contributed by atoms with Crippen molar-refractivity contribution >= 4 is 27.5 Å². The molecule has 1 heterocycles. The van der Waals surface area contributed by atoms with Crippen LogP contribution in [0.4, 0.5) is 0 Å². The van der Waals surface area contributed by atoms with Gasteiger partial charge in [-0.15, -0.1) is 0 Å². The summed E-state index contributed by atoms with van der Waals surface area (Å²) in [5.74, 6) is 0. The van der Waals surface area contributed by atoms with E-state index in [0.29, 0.717) is 6.54 Å². The number of aromatic nitrogens is 2. The van der Waals surface area contributed by atoms with Gasteiger partial charge in [-0.3, -0.25) is 0 Å². The molecule has 0 spiro atoms. The van der Waals surface area contributed by atoms with Crippen LogP contribution in [0.5, 0.6) is 0 Å². The first-order valence-electron chi connectivity index (χ1n) is 4.90. The predicted molar refractivity (Wildman–Crippen MR) is 69.0 cm³/mol. The average molecular weight is 301 g/mol. The molecule has 0 fully saturated rings. The lowest BCUT2D eigenvalue weighted by Crippen LogP contribution is -2.07. The standard InChI is InChI=1S/C11H11BrClN3/c12-8-6-15-16(7-8)11-3-1-2-10(13)9(11)4-5-14/h1-3,6-7H,4-5,14H2. The number of halogens is 2. The Balaban J connectivity index is 2.51. The van der Waals surface area contributed by atoms with E-state index < -0.39 is 0 Å². The molecule has 0 unspecified atom stereocenters. The lowest BCUT2D eigenvalue weighted by atomic mass is 10.1. The molecule has 2 rings (SSSR count). The third-order valence-electron chi connectivity index (χ3n) is 2.29. The van der Waals surface area contributed by atoms with Gasteiger partial charge in [-0.25, -0.2) is 4.68 Å². The minimum atomic E-state index is 0.569. The van der Waals surface area contributed by atoms with Crippen LogP contribution in [0, 0.1) is 0 Å². The summed E-state index contributed by atoms with van der Waals surface area (Å²) < 4.78 is 2.73. The molecular formula is C11H11BrClN3. The third-order valence-corrected chi connectivity index (χ3v) is 3.05. The molecule has 2 N–H and O–H groups in total. The summed E-state index contributed by atoms with van der Waals surface area (Å²) in [7, 11) is 0. The molecule has 0 atom stereocenters. The molecule has 3 nitrogen and oxygen atoms in total. The van der Waals surface area contributed by atoms with Crippen LogP contribution in [0.2, 0.25) is 5.02 Å². The summed E-state index contributed by atoms with van der Waals surface area (Å²) in [6.45, 7) is 0.569. The highest BCUT2D eigenvalue weighted by atomic mass is 79.9. The maximum absolute atomic E-state index is 6.16. The van der Waals surface area contributed by atoms with Crippen molar-refractivity contribution in [1.82, 2.24) is 9.78 Å². The molecule has 2 aromatic rings. The van der Waals surface area contributed by atoms with Crippen LogP contribution >= 0.6 is 27.5 Å². The highest BCUT2D eigenvalue weighted by Gasteiger charge is 2.08. The lowest BCUT2D eigenvalue weighted by molar-refractivity contribution is 0.851. The Morgan fingerprint density at radius 3 is 2.88 bits per heavy atom. The van der Waals surface area contributed by atoms with E-state index in [1.807, 2.05) is 24.4 Å². The first-order chi connectivity index (χ1) is 7.72. The van der Waals surface area contributed by atoms with E-state index in [1.165, 1.54) is 0 Å². The number of benzene rings is 1. The molecule has 1 aromatic heterocycles. The Hall–Kier alpha value is -0.840. The summed E-state index contributed by atoms with van der Waals surface area (Å²) in [5.41, 5.74) is 7.59. The van der Waals surface area contributed by atoms with E-state index in [1.54, 1.807) is 10.9 Å². The third kappa shape index (κ3) is 2.29. The fourth-order valence-electron chi connectivity index (χ4n) is 1.59. The van der Waals surface area contributed by atoms with Crippen molar-refractivity contribution in [3.05, 3.63) is 45.7 Å². The van der Waals surface area contributed by atoms with E-state index in [4.69, 9.17) is 17.3 Å². The highest BCUT2D eigenvalue weighted by molar-refractivity contribution is 9.10. The van der Waals surface area contributed by atoms with E-state index >= 15 is 0 Å². The van der Waals surface area contributed by atoms with Crippen molar-refractivity contribution in [3.63, 3.8) is 0 Å². The van der Waals surface area contributed by atoms with Crippen molar-refractivity contribution in [2.75, 3.05) is 6.54 Å². The molecule has 0 amide bonds. The number of nitrogens with zero attached hydrogens (tertiary/aromatic N) is 2. The first-order valence-corrected chi connectivity index (χ1v) is 6.07. The minimum absolute atomic E-state index is 0.569. The second kappa shape index (κ2) is 4.99. The molecule has 84 valence electrons. The van der Waals surface area contributed by atoms with Crippen molar-refractivity contribution in [3.8, 4) is 5.69 Å².